The fraction of sp³-hybridized carbons (Fsp3) is 0.333. The molecule has 7 heteroatoms. The molecular weight excluding hydrogens is 250 g/mol. The average Bonchev–Trinajstić information content (AvgIpc) is 2.42. The molecule has 0 radical (unpaired) electrons. The van der Waals surface area contributed by atoms with Crippen LogP contribution in [0, 0.1) is 0 Å². The van der Waals surface area contributed by atoms with Gasteiger partial charge in [0.2, 0.25) is 0 Å². The van der Waals surface area contributed by atoms with E-state index in [0.29, 0.717) is 0 Å². The van der Waals surface area contributed by atoms with Crippen LogP contribution in [0.4, 0.5) is 4.79 Å². The maximum atomic E-state index is 11.5. The number of aliphatic hydroxyl groups excluding tert-OH is 1. The second-order valence-corrected chi connectivity index (χ2v) is 3.93. The highest BCUT2D eigenvalue weighted by molar-refractivity contribution is 5.85. The normalized spacial score (nSPS) is 13.2. The van der Waals surface area contributed by atoms with Gasteiger partial charge in [0.15, 0.2) is 0 Å². The van der Waals surface area contributed by atoms with Crippen LogP contribution in [0.2, 0.25) is 0 Å². The number of nitrogens with one attached hydrogen (secondary N) is 2. The summed E-state index contributed by atoms with van der Waals surface area (Å²) in [6, 6.07) is 7.92. The van der Waals surface area contributed by atoms with Crippen LogP contribution in [-0.2, 0) is 16.1 Å². The molecule has 0 saturated heterocycles. The third kappa shape index (κ3) is 4.94. The van der Waals surface area contributed by atoms with E-state index in [4.69, 9.17) is 10.6 Å². The van der Waals surface area contributed by atoms with Crippen molar-refractivity contribution in [1.29, 1.82) is 0 Å². The minimum absolute atomic E-state index is 0.0729. The summed E-state index contributed by atoms with van der Waals surface area (Å²) in [7, 11) is 0. The van der Waals surface area contributed by atoms with Crippen molar-refractivity contribution in [1.82, 2.24) is 10.7 Å². The number of hydrogen-bond donors (Lipinski definition) is 4. The number of hydrogen-bond acceptors (Lipinski definition) is 5. The Bertz CT molecular complexity index is 422. The first-order chi connectivity index (χ1) is 9.04. The summed E-state index contributed by atoms with van der Waals surface area (Å²) in [5.74, 6) is 4.25. The minimum Gasteiger partial charge on any atom is -0.445 e. The third-order valence-corrected chi connectivity index (χ3v) is 2.39. The summed E-state index contributed by atoms with van der Waals surface area (Å²) in [6.45, 7) is 1.43. The Morgan fingerprint density at radius 3 is 2.53 bits per heavy atom. The molecule has 0 unspecified atom stereocenters. The van der Waals surface area contributed by atoms with Crippen LogP contribution in [0.1, 0.15) is 12.5 Å². The number of aliphatic hydroxyl groups is 1. The number of alkyl carbamates (subject to hydrolysis) is 1. The molecule has 0 aromatic heterocycles. The highest BCUT2D eigenvalue weighted by Gasteiger charge is 2.25. The fourth-order valence-electron chi connectivity index (χ4n) is 1.39. The first-order valence-electron chi connectivity index (χ1n) is 5.70. The van der Waals surface area contributed by atoms with Gasteiger partial charge in [0.25, 0.3) is 5.91 Å². The van der Waals surface area contributed by atoms with Gasteiger partial charge in [-0.2, -0.15) is 0 Å². The molecule has 7 nitrogen and oxygen atoms in total. The number of rotatable bonds is 5. The van der Waals surface area contributed by atoms with E-state index in [1.165, 1.54) is 6.92 Å². The van der Waals surface area contributed by atoms with Crippen LogP contribution in [0.25, 0.3) is 0 Å². The van der Waals surface area contributed by atoms with Gasteiger partial charge in [-0.1, -0.05) is 30.3 Å². The molecule has 2 amide bonds. The van der Waals surface area contributed by atoms with Crippen molar-refractivity contribution < 1.29 is 19.4 Å². The zero-order chi connectivity index (χ0) is 14.3. The second-order valence-electron chi connectivity index (χ2n) is 3.93. The number of nitrogens with two attached hydrogens (primary N) is 1. The van der Waals surface area contributed by atoms with Gasteiger partial charge in [-0.15, -0.1) is 0 Å². The maximum Gasteiger partial charge on any atom is 0.408 e. The Hall–Kier alpha value is -2.12. The third-order valence-electron chi connectivity index (χ3n) is 2.39. The summed E-state index contributed by atoms with van der Waals surface area (Å²) in [5.41, 5.74) is 2.67. The van der Waals surface area contributed by atoms with Crippen LogP contribution in [-0.4, -0.2) is 29.3 Å². The number of carbonyl (C=O) groups is 2. The molecule has 2 atom stereocenters. The number of hydrazine groups is 1. The lowest BCUT2D eigenvalue weighted by molar-refractivity contribution is -0.125. The van der Waals surface area contributed by atoms with Crippen molar-refractivity contribution in [2.45, 2.75) is 25.7 Å². The smallest absolute Gasteiger partial charge is 0.408 e. The standard InChI is InChI=1S/C12H17N3O4/c1-8(16)10(11(17)15-13)14-12(18)19-7-9-5-3-2-4-6-9/h2-6,8,10,16H,7,13H2,1H3,(H,14,18)(H,15,17)/t8-,10-/m0/s1. The topological polar surface area (TPSA) is 114 Å². The molecule has 1 aromatic carbocycles. The van der Waals surface area contributed by atoms with E-state index in [9.17, 15) is 14.7 Å². The van der Waals surface area contributed by atoms with Crippen molar-refractivity contribution in [2.75, 3.05) is 0 Å². The first kappa shape index (κ1) is 14.9. The van der Waals surface area contributed by atoms with Gasteiger partial charge < -0.3 is 15.2 Å². The van der Waals surface area contributed by atoms with Crippen molar-refractivity contribution >= 4 is 12.0 Å². The van der Waals surface area contributed by atoms with E-state index in [0.717, 1.165) is 5.56 Å². The van der Waals surface area contributed by atoms with Crippen molar-refractivity contribution in [3.05, 3.63) is 35.9 Å². The molecule has 1 rings (SSSR count). The van der Waals surface area contributed by atoms with Gasteiger partial charge in [0.1, 0.15) is 12.6 Å². The zero-order valence-corrected chi connectivity index (χ0v) is 10.5. The quantitative estimate of drug-likeness (QED) is 0.331. The Kier molecular flexibility index (Phi) is 5.77. The number of carbonyl (C=O) groups excluding carboxylic acids is 2. The van der Waals surface area contributed by atoms with Crippen LogP contribution in [0.3, 0.4) is 0 Å². The summed E-state index contributed by atoms with van der Waals surface area (Å²) in [4.78, 5) is 22.8. The molecule has 0 aliphatic carbocycles. The molecule has 104 valence electrons. The molecule has 0 spiro atoms. The molecule has 0 saturated carbocycles. The highest BCUT2D eigenvalue weighted by Crippen LogP contribution is 2.01. The molecule has 1 aromatic rings. The van der Waals surface area contributed by atoms with Crippen LogP contribution in [0.5, 0.6) is 0 Å². The SMILES string of the molecule is C[C@H](O)[C@H](NC(=O)OCc1ccccc1)C(=O)NN. The number of benzene rings is 1. The molecule has 0 aliphatic heterocycles. The van der Waals surface area contributed by atoms with Gasteiger partial charge in [-0.3, -0.25) is 10.2 Å². The van der Waals surface area contributed by atoms with E-state index in [2.05, 4.69) is 5.32 Å². The lowest BCUT2D eigenvalue weighted by Crippen LogP contribution is -2.54. The lowest BCUT2D eigenvalue weighted by atomic mass is 10.2. The second kappa shape index (κ2) is 7.34. The van der Waals surface area contributed by atoms with Crippen LogP contribution >= 0.6 is 0 Å². The lowest BCUT2D eigenvalue weighted by Gasteiger charge is -2.19. The highest BCUT2D eigenvalue weighted by atomic mass is 16.5. The first-order valence-corrected chi connectivity index (χ1v) is 5.70. The average molecular weight is 267 g/mol. The predicted octanol–water partition coefficient (Wildman–Crippen LogP) is -0.348. The molecule has 0 fully saturated rings. The molecule has 19 heavy (non-hydrogen) atoms. The molecule has 0 bridgehead atoms. The maximum absolute atomic E-state index is 11.5. The van der Waals surface area contributed by atoms with Gasteiger partial charge in [0.05, 0.1) is 6.10 Å². The van der Waals surface area contributed by atoms with E-state index >= 15 is 0 Å². The van der Waals surface area contributed by atoms with Gasteiger partial charge >= 0.3 is 6.09 Å². The number of amides is 2. The summed E-state index contributed by atoms with van der Waals surface area (Å²) >= 11 is 0. The van der Waals surface area contributed by atoms with Crippen LogP contribution < -0.4 is 16.6 Å². The van der Waals surface area contributed by atoms with E-state index < -0.39 is 24.1 Å². The summed E-state index contributed by atoms with van der Waals surface area (Å²) < 4.78 is 4.92. The molecule has 0 aliphatic rings. The largest absolute Gasteiger partial charge is 0.445 e. The Morgan fingerprint density at radius 1 is 1.37 bits per heavy atom. The Morgan fingerprint density at radius 2 is 2.00 bits per heavy atom. The minimum atomic E-state index is -1.16. The Balaban J connectivity index is 2.47. The fourth-order valence-corrected chi connectivity index (χ4v) is 1.39. The summed E-state index contributed by atoms with van der Waals surface area (Å²) in [5, 5.41) is 11.6. The van der Waals surface area contributed by atoms with Gasteiger partial charge in [0, 0.05) is 0 Å². The van der Waals surface area contributed by atoms with Gasteiger partial charge in [-0.25, -0.2) is 10.6 Å². The van der Waals surface area contributed by atoms with Crippen molar-refractivity contribution in [2.24, 2.45) is 5.84 Å². The molecular formula is C12H17N3O4. The number of ether oxygens (including phenoxy) is 1. The predicted molar refractivity (Wildman–Crippen MR) is 67.6 cm³/mol. The van der Waals surface area contributed by atoms with Crippen molar-refractivity contribution in [3.8, 4) is 0 Å². The van der Waals surface area contributed by atoms with E-state index in [-0.39, 0.29) is 6.61 Å². The molecule has 5 N–H and O–H groups in total. The molecule has 0 heterocycles. The van der Waals surface area contributed by atoms with Crippen molar-refractivity contribution in [3.63, 3.8) is 0 Å². The summed E-state index contributed by atoms with van der Waals surface area (Å²) in [6.07, 6.45) is -1.90. The zero-order valence-electron chi connectivity index (χ0n) is 10.5. The Labute approximate surface area is 110 Å². The van der Waals surface area contributed by atoms with Gasteiger partial charge in [-0.05, 0) is 12.5 Å². The van der Waals surface area contributed by atoms with Crippen LogP contribution in [0.15, 0.2) is 30.3 Å². The van der Waals surface area contributed by atoms with E-state index in [1.807, 2.05) is 23.6 Å². The van der Waals surface area contributed by atoms with E-state index in [1.54, 1.807) is 12.1 Å². The monoisotopic (exact) mass is 267 g/mol.